The van der Waals surface area contributed by atoms with Gasteiger partial charge in [-0.2, -0.15) is 0 Å². The second-order valence-electron chi connectivity index (χ2n) is 7.39. The molecule has 0 bridgehead atoms. The molecule has 0 heterocycles. The molecule has 0 spiro atoms. The number of carbonyl (C=O) groups is 1. The Hall–Kier alpha value is -1.83. The van der Waals surface area contributed by atoms with Crippen LogP contribution in [0.4, 0.5) is 8.78 Å². The van der Waals surface area contributed by atoms with Crippen LogP contribution in [0.2, 0.25) is 0 Å². The van der Waals surface area contributed by atoms with Crippen molar-refractivity contribution < 1.29 is 58.5 Å². The number of aliphatic hydroxyl groups excluding tert-OH is 2. The third-order valence-electron chi connectivity index (χ3n) is 4.59. The fraction of sp³-hybridized carbons (Fsp3) is 0.292. The predicted octanol–water partition coefficient (Wildman–Crippen LogP) is 0.235. The van der Waals surface area contributed by atoms with Gasteiger partial charge in [0.1, 0.15) is 11.6 Å². The van der Waals surface area contributed by atoms with Gasteiger partial charge in [-0.15, -0.1) is 0 Å². The quantitative estimate of drug-likeness (QED) is 0.434. The maximum atomic E-state index is 13.4. The van der Waals surface area contributed by atoms with Gasteiger partial charge in [-0.05, 0) is 52.5 Å². The minimum Gasteiger partial charge on any atom is -0.550 e. The normalized spacial score (nSPS) is 13.0. The van der Waals surface area contributed by atoms with Gasteiger partial charge in [-0.25, -0.2) is 8.78 Å². The van der Waals surface area contributed by atoms with Crippen molar-refractivity contribution in [3.8, 4) is 0 Å². The number of carboxylic acids is 1. The molecule has 0 amide bonds. The number of rotatable bonds is 9. The first kappa shape index (κ1) is 27.2. The SMILES string of the molecule is CC(C)C(C=C[C@@H](O)CC(O)CC(=O)[O-])=C(c1ccc(F)cc1)c1ccc(F)cc1.[Na+]. The Kier molecular flexibility index (Phi) is 11.3. The maximum absolute atomic E-state index is 13.4. The van der Waals surface area contributed by atoms with E-state index in [2.05, 4.69) is 0 Å². The summed E-state index contributed by atoms with van der Waals surface area (Å²) in [5, 5.41) is 30.4. The molecule has 7 heteroatoms. The van der Waals surface area contributed by atoms with Gasteiger partial charge in [-0.1, -0.05) is 50.3 Å². The van der Waals surface area contributed by atoms with Crippen molar-refractivity contribution in [3.63, 3.8) is 0 Å². The summed E-state index contributed by atoms with van der Waals surface area (Å²) in [5.74, 6) is -2.16. The Labute approximate surface area is 203 Å². The average Bonchev–Trinajstić information content (AvgIpc) is 2.66. The van der Waals surface area contributed by atoms with E-state index in [1.54, 1.807) is 30.3 Å². The number of aliphatic carboxylic acids is 1. The van der Waals surface area contributed by atoms with Crippen LogP contribution in [0.15, 0.2) is 66.3 Å². The Bertz CT molecular complexity index is 859. The minimum atomic E-state index is -1.39. The molecule has 0 fully saturated rings. The van der Waals surface area contributed by atoms with E-state index in [0.717, 1.165) is 22.3 Å². The van der Waals surface area contributed by atoms with E-state index in [1.807, 2.05) is 13.8 Å². The van der Waals surface area contributed by atoms with Crippen LogP contribution in [0.1, 0.15) is 37.8 Å². The summed E-state index contributed by atoms with van der Waals surface area (Å²) < 4.78 is 26.9. The molecule has 0 saturated heterocycles. The Balaban J connectivity index is 0.00000480. The zero-order valence-electron chi connectivity index (χ0n) is 17.9. The smallest absolute Gasteiger partial charge is 0.550 e. The molecule has 160 valence electrons. The topological polar surface area (TPSA) is 80.6 Å². The number of halogens is 2. The fourth-order valence-electron chi connectivity index (χ4n) is 3.15. The zero-order valence-corrected chi connectivity index (χ0v) is 19.9. The van der Waals surface area contributed by atoms with E-state index >= 15 is 0 Å². The van der Waals surface area contributed by atoms with E-state index in [4.69, 9.17) is 0 Å². The molecule has 2 aromatic carbocycles. The van der Waals surface area contributed by atoms with E-state index < -0.39 is 24.6 Å². The van der Waals surface area contributed by atoms with Gasteiger partial charge in [0, 0.05) is 18.8 Å². The van der Waals surface area contributed by atoms with Crippen molar-refractivity contribution in [2.24, 2.45) is 5.92 Å². The molecule has 1 unspecified atom stereocenters. The van der Waals surface area contributed by atoms with Crippen molar-refractivity contribution in [1.29, 1.82) is 0 Å². The van der Waals surface area contributed by atoms with Crippen molar-refractivity contribution in [2.45, 2.75) is 38.9 Å². The average molecular weight is 438 g/mol. The minimum absolute atomic E-state index is 0. The van der Waals surface area contributed by atoms with Gasteiger partial charge in [0.05, 0.1) is 12.2 Å². The van der Waals surface area contributed by atoms with Crippen molar-refractivity contribution in [3.05, 3.63) is 89.0 Å². The number of hydrogen-bond acceptors (Lipinski definition) is 4. The van der Waals surface area contributed by atoms with Crippen LogP contribution >= 0.6 is 0 Å². The third kappa shape index (κ3) is 8.67. The van der Waals surface area contributed by atoms with Gasteiger partial charge in [0.25, 0.3) is 0 Å². The summed E-state index contributed by atoms with van der Waals surface area (Å²) in [6.45, 7) is 3.90. The second-order valence-corrected chi connectivity index (χ2v) is 7.39. The van der Waals surface area contributed by atoms with Gasteiger partial charge in [-0.3, -0.25) is 0 Å². The summed E-state index contributed by atoms with van der Waals surface area (Å²) in [7, 11) is 0. The van der Waals surface area contributed by atoms with Crippen molar-refractivity contribution in [2.75, 3.05) is 0 Å². The predicted molar refractivity (Wildman–Crippen MR) is 109 cm³/mol. The van der Waals surface area contributed by atoms with E-state index in [0.29, 0.717) is 0 Å². The molecular formula is C24H25F2NaO4. The molecule has 0 radical (unpaired) electrons. The number of benzene rings is 2. The Morgan fingerprint density at radius 3 is 1.81 bits per heavy atom. The molecule has 0 saturated carbocycles. The first-order chi connectivity index (χ1) is 14.2. The number of allylic oxidation sites excluding steroid dienone is 2. The molecule has 4 nitrogen and oxygen atoms in total. The first-order valence-electron chi connectivity index (χ1n) is 9.67. The van der Waals surface area contributed by atoms with Crippen LogP contribution in [0.5, 0.6) is 0 Å². The van der Waals surface area contributed by atoms with Gasteiger partial charge in [0.15, 0.2) is 0 Å². The van der Waals surface area contributed by atoms with E-state index in [-0.39, 0.29) is 53.5 Å². The van der Waals surface area contributed by atoms with Crippen LogP contribution < -0.4 is 34.7 Å². The molecule has 2 rings (SSSR count). The van der Waals surface area contributed by atoms with Crippen LogP contribution in [0.3, 0.4) is 0 Å². The van der Waals surface area contributed by atoms with Crippen LogP contribution in [0, 0.1) is 17.6 Å². The molecule has 2 atom stereocenters. The molecule has 0 aliphatic heterocycles. The van der Waals surface area contributed by atoms with Crippen LogP contribution in [0.25, 0.3) is 5.57 Å². The molecule has 0 aliphatic carbocycles. The maximum Gasteiger partial charge on any atom is 1.00 e. The summed E-state index contributed by atoms with van der Waals surface area (Å²) >= 11 is 0. The van der Waals surface area contributed by atoms with E-state index in [1.165, 1.54) is 30.3 Å². The molecule has 0 aliphatic rings. The zero-order chi connectivity index (χ0) is 22.3. The standard InChI is InChI=1S/C24H26F2O4.Na/c1-15(2)22(12-11-20(27)13-21(28)14-23(29)30)24(16-3-7-18(25)8-4-16)17-5-9-19(26)10-6-17;/h3-12,15,20-21,27-28H,13-14H2,1-2H3,(H,29,30);/q;+1/p-1/t20-,21?;/m1./s1. The van der Waals surface area contributed by atoms with Crippen LogP contribution in [-0.4, -0.2) is 28.4 Å². The largest absolute Gasteiger partial charge is 1.00 e. The van der Waals surface area contributed by atoms with Gasteiger partial charge >= 0.3 is 29.6 Å². The fourth-order valence-corrected chi connectivity index (χ4v) is 3.15. The molecule has 2 N–H and O–H groups in total. The van der Waals surface area contributed by atoms with E-state index in [9.17, 15) is 28.9 Å². The number of aliphatic hydroxyl groups is 2. The van der Waals surface area contributed by atoms with Crippen LogP contribution in [-0.2, 0) is 4.79 Å². The summed E-state index contributed by atoms with van der Waals surface area (Å²) in [5.41, 5.74) is 3.01. The molecular weight excluding hydrogens is 413 g/mol. The van der Waals surface area contributed by atoms with Gasteiger partial charge in [0.2, 0.25) is 0 Å². The second kappa shape index (κ2) is 12.9. The van der Waals surface area contributed by atoms with Gasteiger partial charge < -0.3 is 20.1 Å². The monoisotopic (exact) mass is 438 g/mol. The summed E-state index contributed by atoms with van der Waals surface area (Å²) in [4.78, 5) is 10.6. The molecule has 31 heavy (non-hydrogen) atoms. The van der Waals surface area contributed by atoms with Crippen molar-refractivity contribution in [1.82, 2.24) is 0 Å². The Morgan fingerprint density at radius 2 is 1.42 bits per heavy atom. The number of carboxylic acid groups (broad SMARTS) is 1. The number of carbonyl (C=O) groups excluding carboxylic acids is 1. The Morgan fingerprint density at radius 1 is 0.968 bits per heavy atom. The molecule has 2 aromatic rings. The first-order valence-corrected chi connectivity index (χ1v) is 9.67. The molecule has 0 aromatic heterocycles. The van der Waals surface area contributed by atoms with Crippen molar-refractivity contribution >= 4 is 11.5 Å². The third-order valence-corrected chi connectivity index (χ3v) is 4.59. The number of hydrogen-bond donors (Lipinski definition) is 2. The summed E-state index contributed by atoms with van der Waals surface area (Å²) in [6.07, 6.45) is 0.154. The summed E-state index contributed by atoms with van der Waals surface area (Å²) in [6, 6.07) is 11.9.